The molecule has 7 rings (SSSR count). The van der Waals surface area contributed by atoms with E-state index in [0.717, 1.165) is 80.3 Å². The van der Waals surface area contributed by atoms with Gasteiger partial charge in [0.25, 0.3) is 25.8 Å². The maximum Gasteiger partial charge on any atom is 0.501 e. The van der Waals surface area contributed by atoms with Crippen molar-refractivity contribution in [2.75, 3.05) is 74.9 Å². The van der Waals surface area contributed by atoms with E-state index >= 15 is 0 Å². The Balaban J connectivity index is 0.991. The minimum Gasteiger partial charge on any atom is -0.444 e. The molecule has 2 fully saturated rings. The number of benzene rings is 4. The smallest absolute Gasteiger partial charge is 0.444 e. The zero-order valence-electron chi connectivity index (χ0n) is 40.6. The maximum absolute atomic E-state index is 14.0. The number of carbonyl (C=O) groups is 3. The fourth-order valence-electron chi connectivity index (χ4n) is 9.25. The summed E-state index contributed by atoms with van der Waals surface area (Å²) in [5.74, 6) is -0.919. The van der Waals surface area contributed by atoms with E-state index in [9.17, 15) is 44.4 Å². The molecule has 0 aromatic heterocycles. The van der Waals surface area contributed by atoms with E-state index in [1.54, 1.807) is 47.4 Å². The van der Waals surface area contributed by atoms with Crippen LogP contribution in [0.1, 0.15) is 69.3 Å². The van der Waals surface area contributed by atoms with Crippen LogP contribution in [0.25, 0.3) is 5.57 Å². The molecule has 2 atom stereocenters. The molecule has 2 N–H and O–H groups in total. The predicted molar refractivity (Wildman–Crippen MR) is 275 cm³/mol. The number of aldehydes is 1. The van der Waals surface area contributed by atoms with Gasteiger partial charge in [-0.1, -0.05) is 47.5 Å². The standard InChI is InChI=1S/C51H60ClF3N6O8S3/c1-49(2,3)69-48(64)60-27-29-61(30-28-60)50(4)22-20-44(36-10-14-39(52)15-11-36)38(33-50)34-58-23-25-59(26-24-58)41-16-12-37(13-17-41)47(63)57-72(67,68)43-18-19-45(46(32-43)71(65,66)51(53,54)55)56-40(21-31-62)35-70-42-8-6-5-7-9-42/h5-19,31-32,40,56H,20-30,33-35H2,1-4H3,(H,57,63)/t40?,50-/m1/s1. The molecule has 0 bridgehead atoms. The van der Waals surface area contributed by atoms with E-state index in [-0.39, 0.29) is 29.4 Å². The van der Waals surface area contributed by atoms with Crippen molar-refractivity contribution in [1.29, 1.82) is 0 Å². The van der Waals surface area contributed by atoms with Gasteiger partial charge >= 0.3 is 11.6 Å². The minimum absolute atomic E-state index is 0.0525. The minimum atomic E-state index is -6.12. The number of hydrogen-bond donors (Lipinski definition) is 2. The summed E-state index contributed by atoms with van der Waals surface area (Å²) in [5, 5.41) is 3.36. The van der Waals surface area contributed by atoms with Gasteiger partial charge in [-0.2, -0.15) is 13.2 Å². The molecule has 14 nitrogen and oxygen atoms in total. The fourth-order valence-corrected chi connectivity index (χ4v) is 12.4. The molecule has 2 aliphatic heterocycles. The number of nitrogens with zero attached hydrogens (tertiary/aromatic N) is 4. The molecule has 1 aliphatic carbocycles. The lowest BCUT2D eigenvalue weighted by Crippen LogP contribution is -2.58. The van der Waals surface area contributed by atoms with Gasteiger partial charge < -0.3 is 24.6 Å². The van der Waals surface area contributed by atoms with Gasteiger partial charge in [-0.3, -0.25) is 14.6 Å². The molecule has 2 saturated heterocycles. The molecule has 4 aromatic carbocycles. The monoisotopic (exact) mass is 1070 g/mol. The Hall–Kier alpha value is -5.12. The molecule has 4 aromatic rings. The Morgan fingerprint density at radius 2 is 1.51 bits per heavy atom. The average molecular weight is 1070 g/mol. The van der Waals surface area contributed by atoms with Crippen LogP contribution in [-0.4, -0.2) is 137 Å². The summed E-state index contributed by atoms with van der Waals surface area (Å²) in [6.07, 6.45) is 2.78. The topological polar surface area (TPSA) is 166 Å². The lowest BCUT2D eigenvalue weighted by atomic mass is 9.75. The fraction of sp³-hybridized carbons (Fsp3) is 0.431. The van der Waals surface area contributed by atoms with Gasteiger partial charge in [0.2, 0.25) is 0 Å². The predicted octanol–water partition coefficient (Wildman–Crippen LogP) is 8.99. The van der Waals surface area contributed by atoms with Crippen LogP contribution in [-0.2, 0) is 29.4 Å². The number of sulfonamides is 1. The van der Waals surface area contributed by atoms with Crippen LogP contribution in [0, 0.1) is 0 Å². The molecular formula is C51H60ClF3N6O8S3. The van der Waals surface area contributed by atoms with Crippen molar-refractivity contribution in [1.82, 2.24) is 19.4 Å². The number of piperazine rings is 2. The number of anilines is 2. The van der Waals surface area contributed by atoms with Crippen molar-refractivity contribution < 1.29 is 49.1 Å². The van der Waals surface area contributed by atoms with Gasteiger partial charge in [-0.15, -0.1) is 11.8 Å². The summed E-state index contributed by atoms with van der Waals surface area (Å²) in [7, 11) is -11.0. The molecule has 72 heavy (non-hydrogen) atoms. The Bertz CT molecular complexity index is 2840. The molecule has 3 aliphatic rings. The number of sulfone groups is 1. The number of thioether (sulfide) groups is 1. The van der Waals surface area contributed by atoms with E-state index < -0.39 is 58.4 Å². The van der Waals surface area contributed by atoms with Crippen LogP contribution in [0.5, 0.6) is 0 Å². The first-order valence-electron chi connectivity index (χ1n) is 23.6. The number of halogens is 4. The summed E-state index contributed by atoms with van der Waals surface area (Å²) in [6, 6.07) is 24.5. The number of carbonyl (C=O) groups excluding carboxylic acids is 3. The number of rotatable bonds is 16. The van der Waals surface area contributed by atoms with Gasteiger partial charge in [0, 0.05) is 104 Å². The van der Waals surface area contributed by atoms with Crippen LogP contribution < -0.4 is 14.9 Å². The highest BCUT2D eigenvalue weighted by molar-refractivity contribution is 7.99. The molecule has 2 heterocycles. The van der Waals surface area contributed by atoms with Crippen molar-refractivity contribution in [3.63, 3.8) is 0 Å². The van der Waals surface area contributed by atoms with Crippen molar-refractivity contribution in [2.45, 2.75) is 90.8 Å². The van der Waals surface area contributed by atoms with Crippen LogP contribution in [0.4, 0.5) is 29.3 Å². The Labute approximate surface area is 429 Å². The highest BCUT2D eigenvalue weighted by atomic mass is 35.5. The van der Waals surface area contributed by atoms with Crippen molar-refractivity contribution in [3.05, 3.63) is 119 Å². The molecule has 2 amide bonds. The van der Waals surface area contributed by atoms with Gasteiger partial charge in [0.15, 0.2) is 0 Å². The highest BCUT2D eigenvalue weighted by Gasteiger charge is 2.49. The van der Waals surface area contributed by atoms with Crippen molar-refractivity contribution in [3.8, 4) is 0 Å². The number of hydrogen-bond acceptors (Lipinski definition) is 13. The SMILES string of the molecule is CC(C)(C)OC(=O)N1CCN([C@]2(C)CCC(c3ccc(Cl)cc3)=C(CN3CCN(c4ccc(C(=O)NS(=O)(=O)c5ccc(NC(CC=O)CSc6ccccc6)c(S(=O)(=O)C(F)(F)F)c5)cc4)CC3)C2)CC1. The number of alkyl halides is 3. The summed E-state index contributed by atoms with van der Waals surface area (Å²) >= 11 is 7.58. The number of ether oxygens (including phenoxy) is 1. The first kappa shape index (κ1) is 54.6. The van der Waals surface area contributed by atoms with Gasteiger partial charge in [-0.25, -0.2) is 26.4 Å². The third kappa shape index (κ3) is 13.5. The largest absolute Gasteiger partial charge is 0.501 e. The van der Waals surface area contributed by atoms with Crippen LogP contribution >= 0.6 is 23.4 Å². The van der Waals surface area contributed by atoms with E-state index in [2.05, 4.69) is 39.1 Å². The summed E-state index contributed by atoms with van der Waals surface area (Å²) < 4.78 is 102. The Kier molecular flexibility index (Phi) is 17.1. The number of allylic oxidation sites excluding steroid dienone is 1. The van der Waals surface area contributed by atoms with E-state index in [1.807, 2.05) is 37.6 Å². The molecular weight excluding hydrogens is 1010 g/mol. The number of amides is 2. The first-order chi connectivity index (χ1) is 33.9. The third-order valence-corrected chi connectivity index (χ3v) is 17.4. The Morgan fingerprint density at radius 1 is 0.861 bits per heavy atom. The van der Waals surface area contributed by atoms with Crippen LogP contribution in [0.2, 0.25) is 5.02 Å². The van der Waals surface area contributed by atoms with E-state index in [4.69, 9.17) is 16.3 Å². The molecule has 0 spiro atoms. The Morgan fingerprint density at radius 3 is 2.12 bits per heavy atom. The van der Waals surface area contributed by atoms with Crippen LogP contribution in [0.15, 0.2) is 117 Å². The average Bonchev–Trinajstić information content (AvgIpc) is 3.33. The van der Waals surface area contributed by atoms with Gasteiger partial charge in [0.1, 0.15) is 16.8 Å². The van der Waals surface area contributed by atoms with Crippen molar-refractivity contribution in [2.24, 2.45) is 0 Å². The quantitative estimate of drug-likeness (QED) is 0.0808. The lowest BCUT2D eigenvalue weighted by Gasteiger charge is -2.49. The molecule has 1 unspecified atom stereocenters. The second-order valence-electron chi connectivity index (χ2n) is 19.4. The number of nitrogens with one attached hydrogen (secondary N) is 2. The molecule has 0 radical (unpaired) electrons. The maximum atomic E-state index is 14.0. The van der Waals surface area contributed by atoms with Gasteiger partial charge in [-0.05, 0) is 125 Å². The normalized spacial score (nSPS) is 19.2. The van der Waals surface area contributed by atoms with Crippen LogP contribution in [0.3, 0.4) is 0 Å². The summed E-state index contributed by atoms with van der Waals surface area (Å²) in [4.78, 5) is 45.1. The molecule has 388 valence electrons. The van der Waals surface area contributed by atoms with E-state index in [0.29, 0.717) is 43.6 Å². The van der Waals surface area contributed by atoms with Crippen molar-refractivity contribution >= 4 is 78.5 Å². The summed E-state index contributed by atoms with van der Waals surface area (Å²) in [5.41, 5.74) is -2.45. The van der Waals surface area contributed by atoms with E-state index in [1.165, 1.54) is 35.0 Å². The zero-order chi connectivity index (χ0) is 52.1. The molecule has 0 saturated carbocycles. The second kappa shape index (κ2) is 22.6. The zero-order valence-corrected chi connectivity index (χ0v) is 43.8. The molecule has 21 heteroatoms. The highest BCUT2D eigenvalue weighted by Crippen LogP contribution is 2.42. The summed E-state index contributed by atoms with van der Waals surface area (Å²) in [6.45, 7) is 14.2. The van der Waals surface area contributed by atoms with Gasteiger partial charge in [0.05, 0.1) is 10.6 Å². The third-order valence-electron chi connectivity index (χ3n) is 13.1. The second-order valence-corrected chi connectivity index (χ2v) is 24.6. The first-order valence-corrected chi connectivity index (χ1v) is 28.0. The lowest BCUT2D eigenvalue weighted by molar-refractivity contribution is -0.108.